The average Bonchev–Trinajstić information content (AvgIpc) is 2.68. The lowest BCUT2D eigenvalue weighted by atomic mass is 10.2. The number of hydrogen-bond donors (Lipinski definition) is 0. The molecule has 1 aliphatic heterocycles. The molecule has 0 aromatic heterocycles. The minimum Gasteiger partial charge on any atom is -0.492 e. The molecule has 3 rings (SSSR count). The molecule has 0 fully saturated rings. The maximum atomic E-state index is 12.9. The number of anilines is 1. The van der Waals surface area contributed by atoms with E-state index in [1.165, 1.54) is 12.1 Å². The Morgan fingerprint density at radius 1 is 1.22 bits per heavy atom. The lowest BCUT2D eigenvalue weighted by Crippen LogP contribution is -2.41. The van der Waals surface area contributed by atoms with Crippen LogP contribution in [0.3, 0.4) is 0 Å². The van der Waals surface area contributed by atoms with Crippen LogP contribution in [0.1, 0.15) is 6.42 Å². The highest BCUT2D eigenvalue weighted by atomic mass is 19.1. The average molecular weight is 372 g/mol. The fraction of sp³-hybridized carbons (Fsp3) is 0.300. The number of likely N-dealkylation sites (N-methyl/N-ethyl adjacent to an activating group) is 1. The monoisotopic (exact) mass is 372 g/mol. The van der Waals surface area contributed by atoms with Crippen LogP contribution in [0.25, 0.3) is 0 Å². The van der Waals surface area contributed by atoms with E-state index in [1.807, 2.05) is 12.1 Å². The molecule has 0 radical (unpaired) electrons. The van der Waals surface area contributed by atoms with Crippen LogP contribution in [-0.4, -0.2) is 50.1 Å². The topological polar surface area (TPSA) is 59.1 Å². The Hall–Kier alpha value is -3.09. The minimum atomic E-state index is -0.325. The summed E-state index contributed by atoms with van der Waals surface area (Å²) in [5.74, 6) is 0.616. The Kier molecular flexibility index (Phi) is 5.90. The highest BCUT2D eigenvalue weighted by Crippen LogP contribution is 2.31. The molecule has 0 saturated carbocycles. The number of ether oxygens (including phenoxy) is 2. The van der Waals surface area contributed by atoms with Gasteiger partial charge in [-0.25, -0.2) is 4.39 Å². The van der Waals surface area contributed by atoms with Gasteiger partial charge in [0.15, 0.2) is 6.61 Å². The molecule has 0 saturated heterocycles. The van der Waals surface area contributed by atoms with Crippen LogP contribution in [0.15, 0.2) is 48.5 Å². The zero-order valence-corrected chi connectivity index (χ0v) is 15.1. The standard InChI is InChI=1S/C20H21FN2O4/c1-22(12-13-26-16-8-6-15(21)7-9-16)19(24)10-11-23-17-4-2-3-5-18(17)27-14-20(23)25/h2-9H,10-14H2,1H3. The summed E-state index contributed by atoms with van der Waals surface area (Å²) in [7, 11) is 1.69. The van der Waals surface area contributed by atoms with Crippen molar-refractivity contribution >= 4 is 17.5 Å². The Bertz CT molecular complexity index is 810. The highest BCUT2D eigenvalue weighted by Gasteiger charge is 2.25. The molecule has 142 valence electrons. The van der Waals surface area contributed by atoms with Crippen LogP contribution in [0, 0.1) is 5.82 Å². The molecule has 27 heavy (non-hydrogen) atoms. The molecule has 0 bridgehead atoms. The second-order valence-electron chi connectivity index (χ2n) is 6.17. The molecule has 2 aromatic rings. The molecule has 0 aliphatic carbocycles. The molecule has 0 spiro atoms. The van der Waals surface area contributed by atoms with E-state index in [0.29, 0.717) is 36.9 Å². The van der Waals surface area contributed by atoms with Crippen molar-refractivity contribution in [3.63, 3.8) is 0 Å². The Labute approximate surface area is 157 Å². The van der Waals surface area contributed by atoms with E-state index in [0.717, 1.165) is 0 Å². The van der Waals surface area contributed by atoms with Gasteiger partial charge in [0.1, 0.15) is 23.9 Å². The first-order valence-electron chi connectivity index (χ1n) is 8.69. The van der Waals surface area contributed by atoms with Crippen LogP contribution in [0.2, 0.25) is 0 Å². The van der Waals surface area contributed by atoms with Gasteiger partial charge in [0.2, 0.25) is 5.91 Å². The first-order valence-corrected chi connectivity index (χ1v) is 8.69. The van der Waals surface area contributed by atoms with E-state index < -0.39 is 0 Å². The van der Waals surface area contributed by atoms with Crippen LogP contribution in [0.4, 0.5) is 10.1 Å². The first-order chi connectivity index (χ1) is 13.0. The number of rotatable bonds is 7. The van der Waals surface area contributed by atoms with Crippen molar-refractivity contribution < 1.29 is 23.5 Å². The van der Waals surface area contributed by atoms with Gasteiger partial charge >= 0.3 is 0 Å². The second-order valence-corrected chi connectivity index (χ2v) is 6.17. The van der Waals surface area contributed by atoms with Crippen molar-refractivity contribution in [2.24, 2.45) is 0 Å². The molecule has 1 aliphatic rings. The molecular formula is C20H21FN2O4. The van der Waals surface area contributed by atoms with Gasteiger partial charge in [-0.05, 0) is 36.4 Å². The minimum absolute atomic E-state index is 0.0213. The number of benzene rings is 2. The van der Waals surface area contributed by atoms with E-state index in [4.69, 9.17) is 9.47 Å². The number of para-hydroxylation sites is 2. The van der Waals surface area contributed by atoms with Gasteiger partial charge in [0.05, 0.1) is 12.2 Å². The van der Waals surface area contributed by atoms with Gasteiger partial charge in [0, 0.05) is 20.0 Å². The lowest BCUT2D eigenvalue weighted by molar-refractivity contribution is -0.130. The zero-order valence-electron chi connectivity index (χ0n) is 15.1. The number of carbonyl (C=O) groups is 2. The van der Waals surface area contributed by atoms with Crippen molar-refractivity contribution in [1.82, 2.24) is 4.90 Å². The largest absolute Gasteiger partial charge is 0.492 e. The number of nitrogens with zero attached hydrogens (tertiary/aromatic N) is 2. The summed E-state index contributed by atoms with van der Waals surface area (Å²) in [5, 5.41) is 0. The van der Waals surface area contributed by atoms with Crippen LogP contribution in [-0.2, 0) is 9.59 Å². The molecular weight excluding hydrogens is 351 g/mol. The Balaban J connectivity index is 1.47. The number of carbonyl (C=O) groups excluding carboxylic acids is 2. The predicted molar refractivity (Wildman–Crippen MR) is 98.4 cm³/mol. The van der Waals surface area contributed by atoms with Crippen molar-refractivity contribution in [2.75, 3.05) is 38.3 Å². The summed E-state index contributed by atoms with van der Waals surface area (Å²) in [6.45, 7) is 0.963. The molecule has 0 atom stereocenters. The van der Waals surface area contributed by atoms with Gasteiger partial charge in [-0.15, -0.1) is 0 Å². The van der Waals surface area contributed by atoms with Crippen LogP contribution >= 0.6 is 0 Å². The van der Waals surface area contributed by atoms with E-state index >= 15 is 0 Å². The third kappa shape index (κ3) is 4.75. The summed E-state index contributed by atoms with van der Waals surface area (Å²) >= 11 is 0. The van der Waals surface area contributed by atoms with Crippen molar-refractivity contribution in [2.45, 2.75) is 6.42 Å². The van der Waals surface area contributed by atoms with Crippen molar-refractivity contribution in [1.29, 1.82) is 0 Å². The summed E-state index contributed by atoms with van der Waals surface area (Å²) in [6.07, 6.45) is 0.202. The summed E-state index contributed by atoms with van der Waals surface area (Å²) < 4.78 is 23.8. The van der Waals surface area contributed by atoms with Gasteiger partial charge in [0.25, 0.3) is 5.91 Å². The lowest BCUT2D eigenvalue weighted by Gasteiger charge is -2.29. The number of halogens is 1. The summed E-state index contributed by atoms with van der Waals surface area (Å²) in [6, 6.07) is 13.0. The van der Waals surface area contributed by atoms with E-state index in [2.05, 4.69) is 0 Å². The highest BCUT2D eigenvalue weighted by molar-refractivity contribution is 5.98. The molecule has 2 aromatic carbocycles. The van der Waals surface area contributed by atoms with Gasteiger partial charge in [-0.3, -0.25) is 9.59 Å². The fourth-order valence-corrected chi connectivity index (χ4v) is 2.75. The first kappa shape index (κ1) is 18.7. The normalized spacial score (nSPS) is 13.0. The van der Waals surface area contributed by atoms with E-state index in [1.54, 1.807) is 41.1 Å². The van der Waals surface area contributed by atoms with Gasteiger partial charge in [-0.1, -0.05) is 12.1 Å². The number of amides is 2. The van der Waals surface area contributed by atoms with Crippen LogP contribution < -0.4 is 14.4 Å². The second kappa shape index (κ2) is 8.53. The SMILES string of the molecule is CN(CCOc1ccc(F)cc1)C(=O)CCN1C(=O)COc2ccccc21. The van der Waals surface area contributed by atoms with Crippen molar-refractivity contribution in [3.05, 3.63) is 54.3 Å². The van der Waals surface area contributed by atoms with Crippen molar-refractivity contribution in [3.8, 4) is 11.5 Å². The van der Waals surface area contributed by atoms with Gasteiger partial charge < -0.3 is 19.3 Å². The predicted octanol–water partition coefficient (Wildman–Crippen LogP) is 2.48. The smallest absolute Gasteiger partial charge is 0.265 e. The molecule has 2 amide bonds. The maximum Gasteiger partial charge on any atom is 0.265 e. The third-order valence-corrected chi connectivity index (χ3v) is 4.29. The molecule has 6 nitrogen and oxygen atoms in total. The quantitative estimate of drug-likeness (QED) is 0.749. The fourth-order valence-electron chi connectivity index (χ4n) is 2.75. The maximum absolute atomic E-state index is 12.9. The molecule has 0 N–H and O–H groups in total. The number of fused-ring (bicyclic) bond motifs is 1. The van der Waals surface area contributed by atoms with E-state index in [9.17, 15) is 14.0 Å². The summed E-state index contributed by atoms with van der Waals surface area (Å²) in [5.41, 5.74) is 0.684. The van der Waals surface area contributed by atoms with Gasteiger partial charge in [-0.2, -0.15) is 0 Å². The van der Waals surface area contributed by atoms with Crippen LogP contribution in [0.5, 0.6) is 11.5 Å². The molecule has 7 heteroatoms. The molecule has 1 heterocycles. The number of hydrogen-bond acceptors (Lipinski definition) is 4. The zero-order chi connectivity index (χ0) is 19.2. The Morgan fingerprint density at radius 3 is 2.74 bits per heavy atom. The Morgan fingerprint density at radius 2 is 1.96 bits per heavy atom. The van der Waals surface area contributed by atoms with E-state index in [-0.39, 0.29) is 30.7 Å². The third-order valence-electron chi connectivity index (χ3n) is 4.29. The summed E-state index contributed by atoms with van der Waals surface area (Å²) in [4.78, 5) is 27.6. The molecule has 0 unspecified atom stereocenters.